The molecule has 0 N–H and O–H groups in total. The molecule has 5 nitrogen and oxygen atoms in total. The average molecular weight is 325 g/mol. The monoisotopic (exact) mass is 324 g/mol. The molecule has 0 amide bonds. The molecule has 0 spiro atoms. The molecule has 1 heterocycles. The second-order valence-corrected chi connectivity index (χ2v) is 6.38. The van der Waals surface area contributed by atoms with Gasteiger partial charge in [-0.25, -0.2) is 9.13 Å². The first kappa shape index (κ1) is 16.8. The summed E-state index contributed by atoms with van der Waals surface area (Å²) >= 11 is 0. The Balaban J connectivity index is 0.00000256. The first-order valence-electron chi connectivity index (χ1n) is 5.35. The van der Waals surface area contributed by atoms with Gasteiger partial charge in [-0.3, -0.25) is 0 Å². The predicted molar refractivity (Wildman–Crippen MR) is 62.3 cm³/mol. The Morgan fingerprint density at radius 1 is 1.24 bits per heavy atom. The molecule has 0 aliphatic rings. The molecule has 1 rings (SSSR count). The standard InChI is InChI=1S/C10H21N2O3Si.BrH/c1-6-7-12-9-8-11(2)10(12)16(13-3,14-4)15-5;/h8-9H,6-7H2,1-5H3;1H/q+1;/p-1. The zero-order valence-corrected chi connectivity index (χ0v) is 13.7. The Kier molecular flexibility index (Phi) is 7.18. The van der Waals surface area contributed by atoms with Gasteiger partial charge in [0.15, 0.2) is 0 Å². The largest absolute Gasteiger partial charge is 1.00 e. The highest BCUT2D eigenvalue weighted by molar-refractivity contribution is 6.73. The van der Waals surface area contributed by atoms with Crippen molar-refractivity contribution >= 4 is 14.3 Å². The minimum Gasteiger partial charge on any atom is -1.00 e. The van der Waals surface area contributed by atoms with Crippen molar-refractivity contribution in [1.82, 2.24) is 4.57 Å². The summed E-state index contributed by atoms with van der Waals surface area (Å²) in [7, 11) is 4.11. The average Bonchev–Trinajstić information content (AvgIpc) is 2.66. The molecule has 0 aliphatic carbocycles. The van der Waals surface area contributed by atoms with Crippen LogP contribution < -0.4 is 27.0 Å². The number of rotatable bonds is 6. The van der Waals surface area contributed by atoms with Gasteiger partial charge in [0.2, 0.25) is 0 Å². The number of nitrogens with zero attached hydrogens (tertiary/aromatic N) is 2. The highest BCUT2D eigenvalue weighted by Gasteiger charge is 2.52. The van der Waals surface area contributed by atoms with Crippen LogP contribution in [0.4, 0.5) is 0 Å². The van der Waals surface area contributed by atoms with Crippen LogP contribution in [0.5, 0.6) is 0 Å². The molecular weight excluding hydrogens is 304 g/mol. The zero-order chi connectivity index (χ0) is 12.2. The minimum atomic E-state index is -2.74. The van der Waals surface area contributed by atoms with Crippen LogP contribution in [0.2, 0.25) is 0 Å². The molecule has 1 aromatic rings. The molecule has 0 radical (unpaired) electrons. The van der Waals surface area contributed by atoms with Crippen molar-refractivity contribution in [2.24, 2.45) is 7.05 Å². The second kappa shape index (κ2) is 7.27. The quantitative estimate of drug-likeness (QED) is 0.409. The third kappa shape index (κ3) is 3.17. The van der Waals surface area contributed by atoms with E-state index in [9.17, 15) is 0 Å². The Morgan fingerprint density at radius 3 is 2.18 bits per heavy atom. The summed E-state index contributed by atoms with van der Waals surface area (Å²) in [6.07, 6.45) is 5.07. The van der Waals surface area contributed by atoms with E-state index < -0.39 is 8.80 Å². The molecule has 0 saturated carbocycles. The molecule has 1 aromatic heterocycles. The van der Waals surface area contributed by atoms with E-state index in [0.29, 0.717) is 0 Å². The van der Waals surface area contributed by atoms with E-state index in [2.05, 4.69) is 11.5 Å². The summed E-state index contributed by atoms with van der Waals surface area (Å²) in [4.78, 5) is 0. The maximum atomic E-state index is 5.50. The van der Waals surface area contributed by atoms with Crippen molar-refractivity contribution < 1.29 is 34.8 Å². The van der Waals surface area contributed by atoms with E-state index in [-0.39, 0.29) is 17.0 Å². The smallest absolute Gasteiger partial charge is 0.626 e. The molecule has 0 unspecified atom stereocenters. The molecule has 0 fully saturated rings. The minimum absolute atomic E-state index is 0. The van der Waals surface area contributed by atoms with Gasteiger partial charge in [-0.05, 0) is 6.42 Å². The van der Waals surface area contributed by atoms with Gasteiger partial charge in [0.05, 0.1) is 13.6 Å². The summed E-state index contributed by atoms with van der Waals surface area (Å²) in [6.45, 7) is 3.07. The lowest BCUT2D eigenvalue weighted by Crippen LogP contribution is -3.00. The maximum Gasteiger partial charge on any atom is 0.626 e. The van der Waals surface area contributed by atoms with E-state index in [1.807, 2.05) is 24.0 Å². The number of aromatic nitrogens is 2. The third-order valence-corrected chi connectivity index (χ3v) is 5.42. The van der Waals surface area contributed by atoms with Crippen molar-refractivity contribution in [3.63, 3.8) is 0 Å². The fourth-order valence-corrected chi connectivity index (χ4v) is 3.95. The summed E-state index contributed by atoms with van der Waals surface area (Å²) in [5.41, 5.74) is 0.974. The second-order valence-electron chi connectivity index (χ2n) is 3.59. The molecule has 17 heavy (non-hydrogen) atoms. The Bertz CT molecular complexity index is 334. The van der Waals surface area contributed by atoms with Gasteiger partial charge >= 0.3 is 14.3 Å². The van der Waals surface area contributed by atoms with Crippen LogP contribution in [0.3, 0.4) is 0 Å². The number of imidazole rings is 1. The van der Waals surface area contributed by atoms with Crippen molar-refractivity contribution in [1.29, 1.82) is 0 Å². The van der Waals surface area contributed by atoms with Gasteiger partial charge < -0.3 is 30.3 Å². The van der Waals surface area contributed by atoms with E-state index in [4.69, 9.17) is 13.3 Å². The van der Waals surface area contributed by atoms with Gasteiger partial charge in [-0.15, -0.1) is 0 Å². The van der Waals surface area contributed by atoms with Crippen LogP contribution >= 0.6 is 0 Å². The van der Waals surface area contributed by atoms with E-state index in [1.54, 1.807) is 21.3 Å². The molecule has 0 bridgehead atoms. The number of halogens is 1. The van der Waals surface area contributed by atoms with Gasteiger partial charge in [0.25, 0.3) is 0 Å². The van der Waals surface area contributed by atoms with Gasteiger partial charge in [0, 0.05) is 21.3 Å². The van der Waals surface area contributed by atoms with Gasteiger partial charge in [0.1, 0.15) is 12.4 Å². The highest BCUT2D eigenvalue weighted by Crippen LogP contribution is 2.04. The lowest BCUT2D eigenvalue weighted by Gasteiger charge is -2.21. The first-order chi connectivity index (χ1) is 7.65. The van der Waals surface area contributed by atoms with Crippen LogP contribution in [0.25, 0.3) is 0 Å². The maximum absolute atomic E-state index is 5.50. The number of hydrogen-bond acceptors (Lipinski definition) is 3. The molecule has 0 aliphatic heterocycles. The Hall–Kier alpha value is -0.213. The summed E-state index contributed by atoms with van der Waals surface area (Å²) in [5.74, 6) is 0. The zero-order valence-electron chi connectivity index (χ0n) is 11.1. The fourth-order valence-electron chi connectivity index (χ4n) is 1.86. The van der Waals surface area contributed by atoms with Crippen LogP contribution in [-0.4, -0.2) is 34.7 Å². The van der Waals surface area contributed by atoms with E-state index >= 15 is 0 Å². The third-order valence-electron chi connectivity index (χ3n) is 2.62. The van der Waals surface area contributed by atoms with Crippen LogP contribution in [-0.2, 0) is 26.9 Å². The summed E-state index contributed by atoms with van der Waals surface area (Å²) in [6, 6.07) is 0. The van der Waals surface area contributed by atoms with Crippen molar-refractivity contribution in [3.05, 3.63) is 12.4 Å². The van der Waals surface area contributed by atoms with Gasteiger partial charge in [-0.1, -0.05) is 6.92 Å². The molecule has 0 aromatic carbocycles. The summed E-state index contributed by atoms with van der Waals surface area (Å²) < 4.78 is 20.6. The lowest BCUT2D eigenvalue weighted by molar-refractivity contribution is -0.681. The van der Waals surface area contributed by atoms with E-state index in [0.717, 1.165) is 18.4 Å². The van der Waals surface area contributed by atoms with E-state index in [1.165, 1.54) is 0 Å². The topological polar surface area (TPSA) is 36.5 Å². The number of hydrogen-bond donors (Lipinski definition) is 0. The van der Waals surface area contributed by atoms with Crippen molar-refractivity contribution in [3.8, 4) is 0 Å². The highest BCUT2D eigenvalue weighted by atomic mass is 79.9. The molecule has 0 atom stereocenters. The Labute approximate surface area is 114 Å². The molecule has 100 valence electrons. The Morgan fingerprint density at radius 2 is 1.76 bits per heavy atom. The normalized spacial score (nSPS) is 11.4. The molecule has 0 saturated heterocycles. The van der Waals surface area contributed by atoms with Crippen LogP contribution in [0.1, 0.15) is 13.3 Å². The van der Waals surface area contributed by atoms with Crippen molar-refractivity contribution in [2.45, 2.75) is 19.9 Å². The SMILES string of the molecule is CCC[n+]1ccn(C)c1[Si](OC)(OC)OC.[Br-]. The number of aryl methyl sites for hydroxylation is 2. The van der Waals surface area contributed by atoms with Crippen molar-refractivity contribution in [2.75, 3.05) is 21.3 Å². The molecular formula is C10H21BrN2O3Si. The summed E-state index contributed by atoms with van der Waals surface area (Å²) in [5, 5.41) is 0. The van der Waals surface area contributed by atoms with Crippen LogP contribution in [0.15, 0.2) is 12.4 Å². The first-order valence-corrected chi connectivity index (χ1v) is 7.08. The predicted octanol–water partition coefficient (Wildman–Crippen LogP) is -3.19. The van der Waals surface area contributed by atoms with Crippen LogP contribution in [0, 0.1) is 0 Å². The lowest BCUT2D eigenvalue weighted by atomic mass is 10.5. The molecule has 7 heteroatoms. The van der Waals surface area contributed by atoms with Gasteiger partial charge in [-0.2, -0.15) is 0 Å². The fraction of sp³-hybridized carbons (Fsp3) is 0.700.